The SMILES string of the molecule is O=C(CC1=CCNCC2=C1C1C(=O)C(F)=CC=C1N2)NCCO. The number of fused-ring (bicyclic) bond motifs is 2. The van der Waals surface area contributed by atoms with Gasteiger partial charge < -0.3 is 21.1 Å². The fraction of sp³-hybridized carbons (Fsp3) is 0.375. The van der Waals surface area contributed by atoms with Gasteiger partial charge in [-0.25, -0.2) is 4.39 Å². The minimum absolute atomic E-state index is 0.0879. The number of allylic oxidation sites excluding steroid dienone is 4. The standard InChI is InChI=1S/C16H18FN3O3/c17-10-1-2-11-15(16(10)23)14-9(7-13(22)19-5-6-21)3-4-18-8-12(14)20-11/h1-3,15,18,20-21H,4-8H2,(H,19,22). The maximum Gasteiger partial charge on any atom is 0.224 e. The summed E-state index contributed by atoms with van der Waals surface area (Å²) < 4.78 is 13.7. The number of amides is 1. The smallest absolute Gasteiger partial charge is 0.224 e. The van der Waals surface area contributed by atoms with Crippen LogP contribution in [0.25, 0.3) is 0 Å². The van der Waals surface area contributed by atoms with Gasteiger partial charge in [0.05, 0.1) is 18.9 Å². The molecule has 0 aromatic rings. The molecule has 0 fully saturated rings. The number of hydrogen-bond acceptors (Lipinski definition) is 5. The first kappa shape index (κ1) is 15.6. The van der Waals surface area contributed by atoms with Crippen LogP contribution in [0.2, 0.25) is 0 Å². The summed E-state index contributed by atoms with van der Waals surface area (Å²) in [6.07, 6.45) is 4.68. The van der Waals surface area contributed by atoms with E-state index in [9.17, 15) is 14.0 Å². The van der Waals surface area contributed by atoms with Gasteiger partial charge in [-0.15, -0.1) is 0 Å². The summed E-state index contributed by atoms with van der Waals surface area (Å²) >= 11 is 0. The summed E-state index contributed by atoms with van der Waals surface area (Å²) in [6, 6.07) is 0. The van der Waals surface area contributed by atoms with Gasteiger partial charge in [0.15, 0.2) is 5.83 Å². The highest BCUT2D eigenvalue weighted by Gasteiger charge is 2.40. The number of Topliss-reactive ketones (excluding diaryl/α,β-unsaturated/α-hetero) is 1. The minimum Gasteiger partial charge on any atom is -0.395 e. The molecule has 2 heterocycles. The average Bonchev–Trinajstić information content (AvgIpc) is 2.80. The van der Waals surface area contributed by atoms with E-state index in [4.69, 9.17) is 5.11 Å². The van der Waals surface area contributed by atoms with E-state index >= 15 is 0 Å². The molecule has 3 aliphatic rings. The number of nitrogens with one attached hydrogen (secondary N) is 3. The van der Waals surface area contributed by atoms with Crippen LogP contribution in [0, 0.1) is 5.92 Å². The van der Waals surface area contributed by atoms with Gasteiger partial charge in [-0.3, -0.25) is 9.59 Å². The molecule has 2 aliphatic heterocycles. The van der Waals surface area contributed by atoms with Crippen molar-refractivity contribution in [1.82, 2.24) is 16.0 Å². The van der Waals surface area contributed by atoms with Crippen LogP contribution in [0.15, 0.2) is 46.6 Å². The molecule has 7 heteroatoms. The molecule has 3 rings (SSSR count). The quantitative estimate of drug-likeness (QED) is 0.577. The second kappa shape index (κ2) is 6.47. The summed E-state index contributed by atoms with van der Waals surface area (Å²) in [5, 5.41) is 17.7. The Morgan fingerprint density at radius 2 is 2.26 bits per heavy atom. The fourth-order valence-electron chi connectivity index (χ4n) is 3.06. The second-order valence-electron chi connectivity index (χ2n) is 5.56. The molecule has 122 valence electrons. The van der Waals surface area contributed by atoms with Crippen molar-refractivity contribution in [2.75, 3.05) is 26.2 Å². The van der Waals surface area contributed by atoms with E-state index in [1.54, 1.807) is 6.08 Å². The molecule has 1 atom stereocenters. The van der Waals surface area contributed by atoms with E-state index in [-0.39, 0.29) is 25.5 Å². The zero-order chi connectivity index (χ0) is 16.4. The predicted molar refractivity (Wildman–Crippen MR) is 81.6 cm³/mol. The third-order valence-corrected chi connectivity index (χ3v) is 4.05. The van der Waals surface area contributed by atoms with E-state index < -0.39 is 17.5 Å². The Hall–Kier alpha value is -2.25. The third-order valence-electron chi connectivity index (χ3n) is 4.05. The monoisotopic (exact) mass is 319 g/mol. The predicted octanol–water partition coefficient (Wildman–Crippen LogP) is -0.192. The molecular formula is C16H18FN3O3. The lowest BCUT2D eigenvalue weighted by atomic mass is 9.84. The average molecular weight is 319 g/mol. The normalized spacial score (nSPS) is 23.1. The molecule has 23 heavy (non-hydrogen) atoms. The topological polar surface area (TPSA) is 90.5 Å². The zero-order valence-electron chi connectivity index (χ0n) is 12.5. The zero-order valence-corrected chi connectivity index (χ0v) is 12.5. The summed E-state index contributed by atoms with van der Waals surface area (Å²) in [4.78, 5) is 24.2. The molecule has 0 saturated carbocycles. The molecule has 0 saturated heterocycles. The van der Waals surface area contributed by atoms with Crippen molar-refractivity contribution in [2.45, 2.75) is 6.42 Å². The largest absolute Gasteiger partial charge is 0.395 e. The number of aliphatic hydroxyl groups excluding tert-OH is 1. The van der Waals surface area contributed by atoms with Gasteiger partial charge in [-0.1, -0.05) is 6.08 Å². The molecule has 4 N–H and O–H groups in total. The number of carbonyl (C=O) groups excluding carboxylic acids is 2. The van der Waals surface area contributed by atoms with Crippen molar-refractivity contribution in [3.05, 3.63) is 46.6 Å². The maximum absolute atomic E-state index is 13.7. The van der Waals surface area contributed by atoms with Crippen molar-refractivity contribution < 1.29 is 19.1 Å². The fourth-order valence-corrected chi connectivity index (χ4v) is 3.06. The van der Waals surface area contributed by atoms with Crippen molar-refractivity contribution in [3.8, 4) is 0 Å². The molecule has 0 spiro atoms. The molecular weight excluding hydrogens is 301 g/mol. The lowest BCUT2D eigenvalue weighted by Gasteiger charge is -2.18. The first-order chi connectivity index (χ1) is 11.1. The van der Waals surface area contributed by atoms with E-state index in [1.807, 2.05) is 6.08 Å². The van der Waals surface area contributed by atoms with Gasteiger partial charge in [0.1, 0.15) is 0 Å². The Morgan fingerprint density at radius 3 is 3.04 bits per heavy atom. The van der Waals surface area contributed by atoms with Gasteiger partial charge in [0.2, 0.25) is 11.7 Å². The number of halogens is 1. The highest BCUT2D eigenvalue weighted by molar-refractivity contribution is 6.02. The molecule has 1 unspecified atom stereocenters. The first-order valence-corrected chi connectivity index (χ1v) is 7.51. The third kappa shape index (κ3) is 2.97. The Kier molecular flexibility index (Phi) is 4.40. The minimum atomic E-state index is -0.768. The van der Waals surface area contributed by atoms with Crippen LogP contribution in [0.3, 0.4) is 0 Å². The number of carbonyl (C=O) groups is 2. The van der Waals surface area contributed by atoms with Crippen LogP contribution < -0.4 is 16.0 Å². The Bertz CT molecular complexity index is 676. The van der Waals surface area contributed by atoms with Crippen LogP contribution in [-0.2, 0) is 9.59 Å². The van der Waals surface area contributed by atoms with Crippen LogP contribution in [0.4, 0.5) is 4.39 Å². The molecule has 0 aromatic carbocycles. The number of aliphatic hydroxyl groups is 1. The van der Waals surface area contributed by atoms with Gasteiger partial charge in [-0.2, -0.15) is 0 Å². The Balaban J connectivity index is 1.88. The Labute approximate surface area is 132 Å². The second-order valence-corrected chi connectivity index (χ2v) is 5.56. The highest BCUT2D eigenvalue weighted by Crippen LogP contribution is 2.39. The van der Waals surface area contributed by atoms with Gasteiger partial charge in [-0.05, 0) is 23.3 Å². The van der Waals surface area contributed by atoms with Gasteiger partial charge >= 0.3 is 0 Å². The van der Waals surface area contributed by atoms with Crippen LogP contribution in [0.1, 0.15) is 6.42 Å². The van der Waals surface area contributed by atoms with E-state index in [1.165, 1.54) is 0 Å². The number of ketones is 1. The number of hydrogen-bond donors (Lipinski definition) is 4. The molecule has 0 aromatic heterocycles. The van der Waals surface area contributed by atoms with Crippen LogP contribution in [0.5, 0.6) is 0 Å². The van der Waals surface area contributed by atoms with Crippen LogP contribution in [-0.4, -0.2) is 43.0 Å². The highest BCUT2D eigenvalue weighted by atomic mass is 19.1. The van der Waals surface area contributed by atoms with Crippen LogP contribution >= 0.6 is 0 Å². The van der Waals surface area contributed by atoms with Gasteiger partial charge in [0.25, 0.3) is 0 Å². The summed E-state index contributed by atoms with van der Waals surface area (Å²) in [5.74, 6) is -2.29. The summed E-state index contributed by atoms with van der Waals surface area (Å²) in [6.45, 7) is 1.14. The molecule has 1 amide bonds. The summed E-state index contributed by atoms with van der Waals surface area (Å²) in [5.41, 5.74) is 2.85. The van der Waals surface area contributed by atoms with Crippen molar-refractivity contribution in [1.29, 1.82) is 0 Å². The van der Waals surface area contributed by atoms with Gasteiger partial charge in [0, 0.05) is 31.0 Å². The van der Waals surface area contributed by atoms with E-state index in [2.05, 4.69) is 16.0 Å². The number of rotatable bonds is 4. The molecule has 0 bridgehead atoms. The van der Waals surface area contributed by atoms with E-state index in [0.717, 1.165) is 11.8 Å². The lowest BCUT2D eigenvalue weighted by Crippen LogP contribution is -2.28. The van der Waals surface area contributed by atoms with Crippen molar-refractivity contribution >= 4 is 11.7 Å². The maximum atomic E-state index is 13.7. The van der Waals surface area contributed by atoms with Crippen molar-refractivity contribution in [3.63, 3.8) is 0 Å². The first-order valence-electron chi connectivity index (χ1n) is 7.51. The lowest BCUT2D eigenvalue weighted by molar-refractivity contribution is -0.121. The van der Waals surface area contributed by atoms with E-state index in [0.29, 0.717) is 29.9 Å². The Morgan fingerprint density at radius 1 is 1.43 bits per heavy atom. The molecule has 6 nitrogen and oxygen atoms in total. The summed E-state index contributed by atoms with van der Waals surface area (Å²) in [7, 11) is 0. The molecule has 1 aliphatic carbocycles. The molecule has 0 radical (unpaired) electrons. The van der Waals surface area contributed by atoms with Crippen molar-refractivity contribution in [2.24, 2.45) is 5.92 Å².